The Morgan fingerprint density at radius 1 is 1.48 bits per heavy atom. The molecule has 0 unspecified atom stereocenters. The van der Waals surface area contributed by atoms with E-state index in [1.807, 2.05) is 19.1 Å². The van der Waals surface area contributed by atoms with Gasteiger partial charge in [0.05, 0.1) is 16.0 Å². The number of aryl methyl sites for hydroxylation is 1. The van der Waals surface area contributed by atoms with Gasteiger partial charge in [0.2, 0.25) is 10.0 Å². The molecule has 0 aliphatic rings. The molecular formula is C13H16BrN3O2S2. The van der Waals surface area contributed by atoms with Gasteiger partial charge in [0, 0.05) is 17.6 Å². The van der Waals surface area contributed by atoms with Crippen LogP contribution >= 0.6 is 27.3 Å². The van der Waals surface area contributed by atoms with Gasteiger partial charge in [0.15, 0.2) is 0 Å². The van der Waals surface area contributed by atoms with Crippen LogP contribution in [0, 0.1) is 0 Å². The van der Waals surface area contributed by atoms with Crippen molar-refractivity contribution in [3.05, 3.63) is 44.3 Å². The molecule has 0 radical (unpaired) electrons. The van der Waals surface area contributed by atoms with Gasteiger partial charge in [-0.05, 0) is 40.0 Å². The second-order valence-electron chi connectivity index (χ2n) is 4.34. The van der Waals surface area contributed by atoms with Crippen LogP contribution in [0.4, 0.5) is 0 Å². The van der Waals surface area contributed by atoms with Gasteiger partial charge in [-0.2, -0.15) is 0 Å². The summed E-state index contributed by atoms with van der Waals surface area (Å²) in [6.07, 6.45) is 2.47. The fourth-order valence-corrected chi connectivity index (χ4v) is 5.42. The van der Waals surface area contributed by atoms with Crippen LogP contribution < -0.4 is 10.5 Å². The highest BCUT2D eigenvalue weighted by molar-refractivity contribution is 9.11. The van der Waals surface area contributed by atoms with Crippen LogP contribution in [0.2, 0.25) is 0 Å². The first-order chi connectivity index (χ1) is 9.97. The van der Waals surface area contributed by atoms with Crippen LogP contribution in [-0.4, -0.2) is 13.4 Å². The zero-order chi connectivity index (χ0) is 15.5. The van der Waals surface area contributed by atoms with E-state index in [-0.39, 0.29) is 11.4 Å². The summed E-state index contributed by atoms with van der Waals surface area (Å²) >= 11 is 4.60. The maximum absolute atomic E-state index is 12.4. The summed E-state index contributed by atoms with van der Waals surface area (Å²) in [5, 5.41) is 0. The Hall–Kier alpha value is -0.800. The molecule has 0 saturated heterocycles. The molecule has 0 saturated carbocycles. The summed E-state index contributed by atoms with van der Waals surface area (Å²) in [5.41, 5.74) is 7.32. The summed E-state index contributed by atoms with van der Waals surface area (Å²) in [7, 11) is -3.59. The number of thiophene rings is 1. The van der Waals surface area contributed by atoms with E-state index in [1.165, 1.54) is 11.3 Å². The van der Waals surface area contributed by atoms with Crippen molar-refractivity contribution >= 4 is 37.3 Å². The highest BCUT2D eigenvalue weighted by Gasteiger charge is 2.20. The zero-order valence-corrected chi connectivity index (χ0v) is 14.7. The van der Waals surface area contributed by atoms with Crippen molar-refractivity contribution in [1.29, 1.82) is 0 Å². The first-order valence-corrected chi connectivity index (χ1v) is 9.48. The molecule has 5 nitrogen and oxygen atoms in total. The quantitative estimate of drug-likeness (QED) is 0.793. The molecular weight excluding hydrogens is 374 g/mol. The normalized spacial score (nSPS) is 11.8. The van der Waals surface area contributed by atoms with Crippen molar-refractivity contribution in [2.45, 2.75) is 31.3 Å². The fraction of sp³-hybridized carbons (Fsp3) is 0.308. The highest BCUT2D eigenvalue weighted by atomic mass is 79.9. The van der Waals surface area contributed by atoms with Crippen LogP contribution in [0.3, 0.4) is 0 Å². The lowest BCUT2D eigenvalue weighted by Gasteiger charge is -2.08. The maximum atomic E-state index is 12.4. The van der Waals surface area contributed by atoms with Crippen molar-refractivity contribution in [2.24, 2.45) is 5.73 Å². The molecule has 8 heteroatoms. The lowest BCUT2D eigenvalue weighted by molar-refractivity contribution is 0.580. The Kier molecular flexibility index (Phi) is 5.50. The maximum Gasteiger partial charge on any atom is 0.242 e. The van der Waals surface area contributed by atoms with Crippen molar-refractivity contribution in [1.82, 2.24) is 9.71 Å². The monoisotopic (exact) mass is 389 g/mol. The largest absolute Gasteiger partial charge is 0.326 e. The first kappa shape index (κ1) is 16.6. The van der Waals surface area contributed by atoms with E-state index >= 15 is 0 Å². The molecule has 0 fully saturated rings. The number of halogens is 1. The number of pyridine rings is 1. The molecule has 2 heterocycles. The SMILES string of the molecule is CCc1cccnc1CNS(=O)(=O)c1cc(CN)sc1Br. The van der Waals surface area contributed by atoms with Crippen LogP contribution in [0.15, 0.2) is 33.1 Å². The summed E-state index contributed by atoms with van der Waals surface area (Å²) in [4.78, 5) is 5.27. The molecule has 0 amide bonds. The lowest BCUT2D eigenvalue weighted by Crippen LogP contribution is -2.24. The summed E-state index contributed by atoms with van der Waals surface area (Å²) in [6.45, 7) is 2.50. The smallest absolute Gasteiger partial charge is 0.242 e. The third kappa shape index (κ3) is 3.89. The van der Waals surface area contributed by atoms with Crippen molar-refractivity contribution in [2.75, 3.05) is 0 Å². The van der Waals surface area contributed by atoms with Crippen LogP contribution in [0.5, 0.6) is 0 Å². The number of nitrogens with two attached hydrogens (primary N) is 1. The third-order valence-electron chi connectivity index (χ3n) is 2.99. The molecule has 0 atom stereocenters. The van der Waals surface area contributed by atoms with E-state index in [0.717, 1.165) is 22.6 Å². The van der Waals surface area contributed by atoms with Gasteiger partial charge in [-0.1, -0.05) is 13.0 Å². The van der Waals surface area contributed by atoms with E-state index in [2.05, 4.69) is 25.6 Å². The second-order valence-corrected chi connectivity index (χ2v) is 8.53. The van der Waals surface area contributed by atoms with Gasteiger partial charge in [0.25, 0.3) is 0 Å². The Labute approximate surface area is 136 Å². The minimum atomic E-state index is -3.59. The molecule has 2 aromatic rings. The molecule has 3 N–H and O–H groups in total. The average Bonchev–Trinajstić information content (AvgIpc) is 2.87. The number of hydrogen-bond donors (Lipinski definition) is 2. The van der Waals surface area contributed by atoms with Crippen molar-refractivity contribution in [3.8, 4) is 0 Å². The van der Waals surface area contributed by atoms with Gasteiger partial charge < -0.3 is 5.73 Å². The summed E-state index contributed by atoms with van der Waals surface area (Å²) in [6, 6.07) is 5.39. The highest BCUT2D eigenvalue weighted by Crippen LogP contribution is 2.31. The Morgan fingerprint density at radius 3 is 2.86 bits per heavy atom. The standard InChI is InChI=1S/C13H16BrN3O2S2/c1-2-9-4-3-5-16-11(9)8-17-21(18,19)12-6-10(7-15)20-13(12)14/h3-6,17H,2,7-8,15H2,1H3. The molecule has 114 valence electrons. The van der Waals surface area contributed by atoms with E-state index < -0.39 is 10.0 Å². The number of nitrogens with zero attached hydrogens (tertiary/aromatic N) is 1. The molecule has 2 aromatic heterocycles. The Morgan fingerprint density at radius 2 is 2.24 bits per heavy atom. The zero-order valence-electron chi connectivity index (χ0n) is 11.5. The average molecular weight is 390 g/mol. The second kappa shape index (κ2) is 6.97. The minimum absolute atomic E-state index is 0.173. The fourth-order valence-electron chi connectivity index (χ4n) is 1.88. The number of sulfonamides is 1. The summed E-state index contributed by atoms with van der Waals surface area (Å²) in [5.74, 6) is 0. The van der Waals surface area contributed by atoms with Gasteiger partial charge in [-0.15, -0.1) is 11.3 Å². The van der Waals surface area contributed by atoms with E-state index in [1.54, 1.807) is 12.3 Å². The number of nitrogens with one attached hydrogen (secondary N) is 1. The van der Waals surface area contributed by atoms with Gasteiger partial charge in [-0.25, -0.2) is 13.1 Å². The lowest BCUT2D eigenvalue weighted by atomic mass is 10.1. The minimum Gasteiger partial charge on any atom is -0.326 e. The predicted octanol–water partition coefficient (Wildman–Crippen LogP) is 2.41. The molecule has 0 bridgehead atoms. The molecule has 0 spiro atoms. The molecule has 0 aliphatic carbocycles. The predicted molar refractivity (Wildman–Crippen MR) is 87.6 cm³/mol. The number of aromatic nitrogens is 1. The van der Waals surface area contributed by atoms with Crippen LogP contribution in [0.25, 0.3) is 0 Å². The molecule has 2 rings (SSSR count). The first-order valence-electron chi connectivity index (χ1n) is 6.38. The van der Waals surface area contributed by atoms with Gasteiger partial charge in [0.1, 0.15) is 4.90 Å². The van der Waals surface area contributed by atoms with E-state index in [0.29, 0.717) is 10.3 Å². The van der Waals surface area contributed by atoms with Crippen molar-refractivity contribution < 1.29 is 8.42 Å². The van der Waals surface area contributed by atoms with Gasteiger partial charge >= 0.3 is 0 Å². The third-order valence-corrected chi connectivity index (χ3v) is 6.67. The molecule has 21 heavy (non-hydrogen) atoms. The topological polar surface area (TPSA) is 85.1 Å². The molecule has 0 aromatic carbocycles. The number of hydrogen-bond acceptors (Lipinski definition) is 5. The van der Waals surface area contributed by atoms with Gasteiger partial charge in [-0.3, -0.25) is 4.98 Å². The van der Waals surface area contributed by atoms with E-state index in [9.17, 15) is 8.42 Å². The van der Waals surface area contributed by atoms with Crippen LogP contribution in [0.1, 0.15) is 23.1 Å². The Balaban J connectivity index is 2.20. The molecule has 0 aliphatic heterocycles. The Bertz CT molecular complexity index is 729. The number of rotatable bonds is 6. The van der Waals surface area contributed by atoms with Crippen LogP contribution in [-0.2, 0) is 29.5 Å². The summed E-state index contributed by atoms with van der Waals surface area (Å²) < 4.78 is 27.9. The van der Waals surface area contributed by atoms with E-state index in [4.69, 9.17) is 5.73 Å². The van der Waals surface area contributed by atoms with Crippen molar-refractivity contribution in [3.63, 3.8) is 0 Å².